The minimum Gasteiger partial charge on any atom is -0.326 e. The first kappa shape index (κ1) is 19.5. The van der Waals surface area contributed by atoms with Gasteiger partial charge in [0.1, 0.15) is 0 Å². The molecule has 0 saturated carbocycles. The Hall–Kier alpha value is -3.78. The Kier molecular flexibility index (Phi) is 5.40. The van der Waals surface area contributed by atoms with E-state index in [4.69, 9.17) is 0 Å². The van der Waals surface area contributed by atoms with Gasteiger partial charge in [-0.25, -0.2) is 10.2 Å². The van der Waals surface area contributed by atoms with Crippen molar-refractivity contribution in [2.75, 3.05) is 10.2 Å². The normalized spacial score (nSPS) is 11.7. The van der Waals surface area contributed by atoms with Crippen LogP contribution in [0.5, 0.6) is 0 Å². The largest absolute Gasteiger partial charge is 0.345 e. The number of hydrazine groups is 1. The molecule has 0 unspecified atom stereocenters. The molecule has 3 aromatic rings. The molecule has 1 aliphatic heterocycles. The Balaban J connectivity index is 1.49. The lowest BCUT2D eigenvalue weighted by Crippen LogP contribution is -2.48. The molecule has 0 aromatic heterocycles. The smallest absolute Gasteiger partial charge is 0.326 e. The fourth-order valence-electron chi connectivity index (χ4n) is 3.07. The molecule has 0 aliphatic carbocycles. The van der Waals surface area contributed by atoms with Gasteiger partial charge in [0.15, 0.2) is 0 Å². The van der Waals surface area contributed by atoms with Gasteiger partial charge in [-0.05, 0) is 48.5 Å². The number of nitrogens with zero attached hydrogens (tertiary/aromatic N) is 1. The van der Waals surface area contributed by atoms with E-state index in [1.54, 1.807) is 40.9 Å². The minimum atomic E-state index is -0.474. The van der Waals surface area contributed by atoms with Crippen molar-refractivity contribution in [1.82, 2.24) is 10.9 Å². The van der Waals surface area contributed by atoms with Crippen LogP contribution in [0.25, 0.3) is 0 Å². The second-order valence-electron chi connectivity index (χ2n) is 6.52. The number of carbonyl (C=O) groups is 3. The molecule has 30 heavy (non-hydrogen) atoms. The van der Waals surface area contributed by atoms with E-state index >= 15 is 0 Å². The van der Waals surface area contributed by atoms with E-state index in [1.165, 1.54) is 6.92 Å². The van der Waals surface area contributed by atoms with Crippen LogP contribution in [-0.2, 0) is 4.79 Å². The number of hydrogen-bond acceptors (Lipinski definition) is 4. The van der Waals surface area contributed by atoms with Crippen LogP contribution in [-0.4, -0.2) is 17.8 Å². The van der Waals surface area contributed by atoms with Crippen LogP contribution in [0.15, 0.2) is 82.6 Å². The van der Waals surface area contributed by atoms with Gasteiger partial charge in [-0.2, -0.15) is 0 Å². The summed E-state index contributed by atoms with van der Waals surface area (Å²) < 4.78 is 0. The first-order chi connectivity index (χ1) is 14.5. The molecule has 3 aromatic carbocycles. The number of nitrogens with one attached hydrogen (secondary N) is 3. The van der Waals surface area contributed by atoms with Gasteiger partial charge >= 0.3 is 6.03 Å². The third-order valence-corrected chi connectivity index (χ3v) is 5.52. The zero-order valence-electron chi connectivity index (χ0n) is 16.0. The standard InChI is InChI=1S/C22H18N4O3S/c1-14(27)23-16-12-10-15(11-13-16)21(28)24-25-22(29)26-17-6-2-4-8-19(17)30-20-9-5-3-7-18(20)26/h2-13H,1H3,(H,23,27)(H,24,28)(H,25,29). The van der Waals surface area contributed by atoms with Gasteiger partial charge in [0.2, 0.25) is 5.91 Å². The van der Waals surface area contributed by atoms with Crippen molar-refractivity contribution in [2.45, 2.75) is 16.7 Å². The topological polar surface area (TPSA) is 90.5 Å². The summed E-state index contributed by atoms with van der Waals surface area (Å²) in [5.74, 6) is -0.662. The van der Waals surface area contributed by atoms with Crippen molar-refractivity contribution in [3.8, 4) is 0 Å². The SMILES string of the molecule is CC(=O)Nc1ccc(C(=O)NNC(=O)N2c3ccccc3Sc3ccccc32)cc1. The molecule has 0 radical (unpaired) electrons. The number of amides is 4. The molecule has 3 N–H and O–H groups in total. The molecule has 0 fully saturated rings. The summed E-state index contributed by atoms with van der Waals surface area (Å²) in [7, 11) is 0. The summed E-state index contributed by atoms with van der Waals surface area (Å²) in [4.78, 5) is 39.9. The number of fused-ring (bicyclic) bond motifs is 2. The maximum atomic E-state index is 13.0. The van der Waals surface area contributed by atoms with Crippen molar-refractivity contribution in [2.24, 2.45) is 0 Å². The van der Waals surface area contributed by atoms with Crippen LogP contribution < -0.4 is 21.1 Å². The first-order valence-electron chi connectivity index (χ1n) is 9.17. The van der Waals surface area contributed by atoms with E-state index in [-0.39, 0.29) is 5.91 Å². The Morgan fingerprint density at radius 2 is 1.33 bits per heavy atom. The van der Waals surface area contributed by atoms with Gasteiger partial charge in [-0.15, -0.1) is 0 Å². The molecule has 0 spiro atoms. The van der Waals surface area contributed by atoms with Gasteiger partial charge in [0.25, 0.3) is 5.91 Å². The number of carbonyl (C=O) groups excluding carboxylic acids is 3. The minimum absolute atomic E-state index is 0.195. The summed E-state index contributed by atoms with van der Waals surface area (Å²) in [6, 6.07) is 21.1. The molecule has 0 atom stereocenters. The van der Waals surface area contributed by atoms with Gasteiger partial charge in [-0.1, -0.05) is 36.0 Å². The lowest BCUT2D eigenvalue weighted by Gasteiger charge is -2.30. The zero-order chi connectivity index (χ0) is 21.1. The second kappa shape index (κ2) is 8.30. The fourth-order valence-corrected chi connectivity index (χ4v) is 4.13. The molecule has 7 nitrogen and oxygen atoms in total. The van der Waals surface area contributed by atoms with E-state index in [0.29, 0.717) is 11.3 Å². The van der Waals surface area contributed by atoms with Crippen molar-refractivity contribution >= 4 is 46.7 Å². The summed E-state index contributed by atoms with van der Waals surface area (Å²) in [5.41, 5.74) is 7.35. The quantitative estimate of drug-likeness (QED) is 0.541. The number of rotatable bonds is 2. The third kappa shape index (κ3) is 3.99. The lowest BCUT2D eigenvalue weighted by atomic mass is 10.2. The molecule has 8 heteroatoms. The summed E-state index contributed by atoms with van der Waals surface area (Å²) in [6.45, 7) is 1.41. The highest BCUT2D eigenvalue weighted by Gasteiger charge is 2.28. The highest BCUT2D eigenvalue weighted by atomic mass is 32.2. The first-order valence-corrected chi connectivity index (χ1v) is 9.98. The molecule has 1 aliphatic rings. The van der Waals surface area contributed by atoms with E-state index in [9.17, 15) is 14.4 Å². The molecule has 150 valence electrons. The number of benzene rings is 3. The van der Waals surface area contributed by atoms with E-state index in [1.807, 2.05) is 48.5 Å². The van der Waals surface area contributed by atoms with E-state index in [0.717, 1.165) is 21.2 Å². The number of hydrogen-bond donors (Lipinski definition) is 3. The fraction of sp³-hybridized carbons (Fsp3) is 0.0455. The van der Waals surface area contributed by atoms with Gasteiger partial charge in [0, 0.05) is 28.0 Å². The van der Waals surface area contributed by atoms with Crippen LogP contribution in [0.4, 0.5) is 21.9 Å². The summed E-state index contributed by atoms with van der Waals surface area (Å²) >= 11 is 1.59. The Bertz CT molecular complexity index is 1090. The second-order valence-corrected chi connectivity index (χ2v) is 7.60. The van der Waals surface area contributed by atoms with Crippen molar-refractivity contribution in [1.29, 1.82) is 0 Å². The van der Waals surface area contributed by atoms with Crippen LogP contribution in [0.3, 0.4) is 0 Å². The van der Waals surface area contributed by atoms with Crippen molar-refractivity contribution in [3.05, 3.63) is 78.4 Å². The number of urea groups is 1. The van der Waals surface area contributed by atoms with E-state index in [2.05, 4.69) is 16.2 Å². The average molecular weight is 418 g/mol. The lowest BCUT2D eigenvalue weighted by molar-refractivity contribution is -0.114. The molecule has 4 rings (SSSR count). The van der Waals surface area contributed by atoms with Crippen molar-refractivity contribution < 1.29 is 14.4 Å². The van der Waals surface area contributed by atoms with Crippen LogP contribution >= 0.6 is 11.8 Å². The van der Waals surface area contributed by atoms with Gasteiger partial charge in [0.05, 0.1) is 11.4 Å². The van der Waals surface area contributed by atoms with Crippen LogP contribution in [0.2, 0.25) is 0 Å². The number of para-hydroxylation sites is 2. The predicted octanol–water partition coefficient (Wildman–Crippen LogP) is 4.30. The van der Waals surface area contributed by atoms with Gasteiger partial charge in [-0.3, -0.25) is 19.9 Å². The van der Waals surface area contributed by atoms with E-state index < -0.39 is 11.9 Å². The molecule has 4 amide bonds. The zero-order valence-corrected chi connectivity index (χ0v) is 16.8. The Labute approximate surface area is 177 Å². The van der Waals surface area contributed by atoms with Crippen LogP contribution in [0.1, 0.15) is 17.3 Å². The molecule has 1 heterocycles. The Morgan fingerprint density at radius 1 is 0.767 bits per heavy atom. The highest BCUT2D eigenvalue weighted by Crippen LogP contribution is 2.47. The molecular weight excluding hydrogens is 400 g/mol. The predicted molar refractivity (Wildman–Crippen MR) is 116 cm³/mol. The highest BCUT2D eigenvalue weighted by molar-refractivity contribution is 7.99. The number of anilines is 3. The Morgan fingerprint density at radius 3 is 1.90 bits per heavy atom. The monoisotopic (exact) mass is 418 g/mol. The third-order valence-electron chi connectivity index (χ3n) is 4.39. The maximum Gasteiger partial charge on any atom is 0.345 e. The molecular formula is C22H18N4O3S. The average Bonchev–Trinajstić information content (AvgIpc) is 2.75. The van der Waals surface area contributed by atoms with Crippen molar-refractivity contribution in [3.63, 3.8) is 0 Å². The molecule has 0 bridgehead atoms. The van der Waals surface area contributed by atoms with Crippen LogP contribution in [0, 0.1) is 0 Å². The summed E-state index contributed by atoms with van der Waals surface area (Å²) in [5, 5.41) is 2.63. The summed E-state index contributed by atoms with van der Waals surface area (Å²) in [6.07, 6.45) is 0. The van der Waals surface area contributed by atoms with Gasteiger partial charge < -0.3 is 5.32 Å². The maximum absolute atomic E-state index is 13.0. The molecule has 0 saturated heterocycles.